The van der Waals surface area contributed by atoms with Crippen LogP contribution in [-0.4, -0.2) is 29.9 Å². The molecule has 0 saturated heterocycles. The number of ether oxygens (including phenoxy) is 3. The van der Waals surface area contributed by atoms with Gasteiger partial charge >= 0.3 is 5.97 Å². The molecule has 8 heteroatoms. The molecular formula is C25H26O8. The highest BCUT2D eigenvalue weighted by Gasteiger charge is 2.27. The van der Waals surface area contributed by atoms with Crippen molar-refractivity contribution >= 4 is 5.97 Å². The Bertz CT molecular complexity index is 1140. The molecule has 2 aromatic carbocycles. The van der Waals surface area contributed by atoms with Crippen LogP contribution < -0.4 is 14.9 Å². The van der Waals surface area contributed by atoms with Crippen molar-refractivity contribution in [2.45, 2.75) is 32.5 Å². The van der Waals surface area contributed by atoms with Gasteiger partial charge in [-0.2, -0.15) is 0 Å². The minimum Gasteiger partial charge on any atom is -0.502 e. The zero-order chi connectivity index (χ0) is 23.8. The van der Waals surface area contributed by atoms with Crippen molar-refractivity contribution in [3.05, 3.63) is 87.5 Å². The lowest BCUT2D eigenvalue weighted by Crippen LogP contribution is -2.15. The van der Waals surface area contributed by atoms with Crippen molar-refractivity contribution in [1.82, 2.24) is 0 Å². The highest BCUT2D eigenvalue weighted by molar-refractivity contribution is 5.71. The fraction of sp³-hybridized carbons (Fsp3) is 0.280. The second-order valence-electron chi connectivity index (χ2n) is 7.19. The van der Waals surface area contributed by atoms with Crippen LogP contribution in [-0.2, 0) is 22.7 Å². The molecule has 0 fully saturated rings. The first-order valence-corrected chi connectivity index (χ1v) is 10.4. The lowest BCUT2D eigenvalue weighted by atomic mass is 9.91. The molecule has 2 N–H and O–H groups in total. The highest BCUT2D eigenvalue weighted by Crippen LogP contribution is 2.38. The standard InChI is InChI=1S/C25H26O8/c1-3-31-23(28)13-19(25-24(29)20(27)12-18(14-26)33-25)17-9-10-21(30-2)22(11-17)32-15-16-7-5-4-6-8-16/h4-12,19,26,29H,3,13-15H2,1-2H3/t19-/m0/s1. The molecule has 0 aliphatic heterocycles. The van der Waals surface area contributed by atoms with Gasteiger partial charge < -0.3 is 28.8 Å². The number of carbonyl (C=O) groups excluding carboxylic acids is 1. The van der Waals surface area contributed by atoms with Crippen LogP contribution in [0, 0.1) is 0 Å². The Hall–Kier alpha value is -3.78. The molecule has 0 unspecified atom stereocenters. The van der Waals surface area contributed by atoms with E-state index in [1.807, 2.05) is 30.3 Å². The van der Waals surface area contributed by atoms with E-state index in [0.717, 1.165) is 11.6 Å². The monoisotopic (exact) mass is 454 g/mol. The van der Waals surface area contributed by atoms with E-state index in [4.69, 9.17) is 18.6 Å². The molecule has 8 nitrogen and oxygen atoms in total. The molecule has 0 radical (unpaired) electrons. The van der Waals surface area contributed by atoms with Crippen LogP contribution >= 0.6 is 0 Å². The summed E-state index contributed by atoms with van der Waals surface area (Å²) in [5.74, 6) is -1.33. The average Bonchev–Trinajstić information content (AvgIpc) is 2.83. The minimum absolute atomic E-state index is 0.0317. The quantitative estimate of drug-likeness (QED) is 0.447. The normalized spacial score (nSPS) is 11.6. The number of aromatic hydroxyl groups is 1. The van der Waals surface area contributed by atoms with Crippen LogP contribution in [0.25, 0.3) is 0 Å². The van der Waals surface area contributed by atoms with Crippen LogP contribution in [0.2, 0.25) is 0 Å². The molecule has 3 rings (SSSR count). The zero-order valence-corrected chi connectivity index (χ0v) is 18.4. The third kappa shape index (κ3) is 5.93. The van der Waals surface area contributed by atoms with E-state index in [0.29, 0.717) is 17.1 Å². The lowest BCUT2D eigenvalue weighted by molar-refractivity contribution is -0.143. The maximum absolute atomic E-state index is 12.3. The molecule has 0 aliphatic rings. The number of esters is 1. The van der Waals surface area contributed by atoms with E-state index in [1.165, 1.54) is 7.11 Å². The maximum atomic E-state index is 12.3. The minimum atomic E-state index is -0.867. The molecular weight excluding hydrogens is 428 g/mol. The Balaban J connectivity index is 2.04. The van der Waals surface area contributed by atoms with E-state index in [2.05, 4.69) is 0 Å². The number of hydrogen-bond acceptors (Lipinski definition) is 8. The van der Waals surface area contributed by atoms with Crippen LogP contribution in [0.1, 0.15) is 41.9 Å². The van der Waals surface area contributed by atoms with Gasteiger partial charge in [-0.25, -0.2) is 0 Å². The van der Waals surface area contributed by atoms with Crippen molar-refractivity contribution in [2.75, 3.05) is 13.7 Å². The van der Waals surface area contributed by atoms with Gasteiger partial charge in [0, 0.05) is 6.07 Å². The van der Waals surface area contributed by atoms with Gasteiger partial charge in [-0.1, -0.05) is 36.4 Å². The molecule has 0 amide bonds. The number of methoxy groups -OCH3 is 1. The van der Waals surface area contributed by atoms with Gasteiger partial charge in [0.25, 0.3) is 0 Å². The lowest BCUT2D eigenvalue weighted by Gasteiger charge is -2.19. The van der Waals surface area contributed by atoms with E-state index in [9.17, 15) is 19.8 Å². The number of benzene rings is 2. The fourth-order valence-electron chi connectivity index (χ4n) is 3.38. The van der Waals surface area contributed by atoms with E-state index in [1.54, 1.807) is 25.1 Å². The summed E-state index contributed by atoms with van der Waals surface area (Å²) in [5, 5.41) is 19.9. The topological polar surface area (TPSA) is 115 Å². The van der Waals surface area contributed by atoms with Crippen LogP contribution in [0.4, 0.5) is 0 Å². The SMILES string of the molecule is CCOC(=O)C[C@@H](c1ccc(OC)c(OCc2ccccc2)c1)c1oc(CO)cc(=O)c1O. The first-order valence-electron chi connectivity index (χ1n) is 10.4. The Morgan fingerprint density at radius 3 is 2.52 bits per heavy atom. The summed E-state index contributed by atoms with van der Waals surface area (Å²) in [6, 6.07) is 15.6. The molecule has 1 aromatic heterocycles. The van der Waals surface area contributed by atoms with Gasteiger partial charge in [-0.3, -0.25) is 9.59 Å². The summed E-state index contributed by atoms with van der Waals surface area (Å²) in [5.41, 5.74) is 0.760. The second kappa shape index (κ2) is 11.2. The average molecular weight is 454 g/mol. The van der Waals surface area contributed by atoms with E-state index in [-0.39, 0.29) is 31.2 Å². The van der Waals surface area contributed by atoms with Gasteiger partial charge in [0.05, 0.1) is 26.1 Å². The second-order valence-corrected chi connectivity index (χ2v) is 7.19. The van der Waals surface area contributed by atoms with E-state index < -0.39 is 29.7 Å². The third-order valence-electron chi connectivity index (χ3n) is 4.98. The van der Waals surface area contributed by atoms with Crippen molar-refractivity contribution in [2.24, 2.45) is 0 Å². The number of carbonyl (C=O) groups is 1. The summed E-state index contributed by atoms with van der Waals surface area (Å²) in [6.45, 7) is 1.60. The largest absolute Gasteiger partial charge is 0.502 e. The first kappa shape index (κ1) is 23.9. The molecule has 174 valence electrons. The molecule has 0 spiro atoms. The zero-order valence-electron chi connectivity index (χ0n) is 18.4. The van der Waals surface area contributed by atoms with Crippen LogP contribution in [0.3, 0.4) is 0 Å². The molecule has 33 heavy (non-hydrogen) atoms. The first-order chi connectivity index (χ1) is 16.0. The summed E-state index contributed by atoms with van der Waals surface area (Å²) in [7, 11) is 1.51. The summed E-state index contributed by atoms with van der Waals surface area (Å²) >= 11 is 0. The number of aliphatic hydroxyl groups is 1. The predicted octanol–water partition coefficient (Wildman–Crippen LogP) is 3.51. The molecule has 0 aliphatic carbocycles. The summed E-state index contributed by atoms with van der Waals surface area (Å²) < 4.78 is 22.0. The molecule has 0 bridgehead atoms. The Morgan fingerprint density at radius 2 is 1.85 bits per heavy atom. The smallest absolute Gasteiger partial charge is 0.306 e. The van der Waals surface area contributed by atoms with Gasteiger partial charge in [0.2, 0.25) is 11.2 Å². The van der Waals surface area contributed by atoms with Crippen LogP contribution in [0.5, 0.6) is 17.2 Å². The summed E-state index contributed by atoms with van der Waals surface area (Å²) in [6.07, 6.45) is -0.205. The maximum Gasteiger partial charge on any atom is 0.306 e. The fourth-order valence-corrected chi connectivity index (χ4v) is 3.38. The van der Waals surface area contributed by atoms with Crippen molar-refractivity contribution < 1.29 is 33.6 Å². The van der Waals surface area contributed by atoms with Gasteiger partial charge in [0.15, 0.2) is 17.3 Å². The van der Waals surface area contributed by atoms with Crippen molar-refractivity contribution in [3.8, 4) is 17.2 Å². The number of aliphatic hydroxyl groups excluding tert-OH is 1. The molecule has 0 saturated carbocycles. The van der Waals surface area contributed by atoms with Gasteiger partial charge in [-0.05, 0) is 30.2 Å². The van der Waals surface area contributed by atoms with Crippen LogP contribution in [0.15, 0.2) is 63.8 Å². The number of hydrogen-bond donors (Lipinski definition) is 2. The van der Waals surface area contributed by atoms with Crippen molar-refractivity contribution in [3.63, 3.8) is 0 Å². The molecule has 1 atom stereocenters. The third-order valence-corrected chi connectivity index (χ3v) is 4.98. The Morgan fingerprint density at radius 1 is 1.09 bits per heavy atom. The highest BCUT2D eigenvalue weighted by atomic mass is 16.5. The molecule has 1 heterocycles. The summed E-state index contributed by atoms with van der Waals surface area (Å²) in [4.78, 5) is 24.6. The van der Waals surface area contributed by atoms with Gasteiger partial charge in [0.1, 0.15) is 19.0 Å². The predicted molar refractivity (Wildman–Crippen MR) is 119 cm³/mol. The Labute approximate surface area is 191 Å². The van der Waals surface area contributed by atoms with Gasteiger partial charge in [-0.15, -0.1) is 0 Å². The van der Waals surface area contributed by atoms with E-state index >= 15 is 0 Å². The molecule has 3 aromatic rings. The number of rotatable bonds is 10. The Kier molecular flexibility index (Phi) is 8.10. The van der Waals surface area contributed by atoms with Crippen molar-refractivity contribution in [1.29, 1.82) is 0 Å².